The van der Waals surface area contributed by atoms with Gasteiger partial charge in [-0.15, -0.1) is 0 Å². The average molecular weight is 226 g/mol. The first-order valence-corrected chi connectivity index (χ1v) is 6.65. The standard InChI is InChI=1S/C13H26N2O/c1-3-11(9-14)8-13(16)15-12-6-4-5-10(2)7-12/h10-12H,3-9,14H2,1-2H3,(H,15,16). The summed E-state index contributed by atoms with van der Waals surface area (Å²) in [5.41, 5.74) is 5.61. The van der Waals surface area contributed by atoms with Crippen LogP contribution in [-0.2, 0) is 4.79 Å². The van der Waals surface area contributed by atoms with E-state index in [1.165, 1.54) is 12.8 Å². The lowest BCUT2D eigenvalue weighted by molar-refractivity contribution is -0.123. The van der Waals surface area contributed by atoms with Gasteiger partial charge in [0.15, 0.2) is 0 Å². The normalized spacial score (nSPS) is 27.4. The molecule has 0 aromatic carbocycles. The summed E-state index contributed by atoms with van der Waals surface area (Å²) in [4.78, 5) is 11.8. The van der Waals surface area contributed by atoms with Gasteiger partial charge >= 0.3 is 0 Å². The molecule has 0 bridgehead atoms. The van der Waals surface area contributed by atoms with E-state index in [-0.39, 0.29) is 5.91 Å². The van der Waals surface area contributed by atoms with Crippen molar-refractivity contribution in [1.82, 2.24) is 5.32 Å². The smallest absolute Gasteiger partial charge is 0.220 e. The van der Waals surface area contributed by atoms with E-state index in [0.717, 1.165) is 25.2 Å². The molecule has 0 heterocycles. The molecule has 1 aliphatic carbocycles. The summed E-state index contributed by atoms with van der Waals surface area (Å²) in [6.07, 6.45) is 6.44. The molecule has 0 aromatic heterocycles. The van der Waals surface area contributed by atoms with Crippen molar-refractivity contribution < 1.29 is 4.79 Å². The highest BCUT2D eigenvalue weighted by molar-refractivity contribution is 5.76. The van der Waals surface area contributed by atoms with Gasteiger partial charge in [0.25, 0.3) is 0 Å². The maximum absolute atomic E-state index is 11.8. The van der Waals surface area contributed by atoms with Gasteiger partial charge in [0, 0.05) is 12.5 Å². The predicted octanol–water partition coefficient (Wildman–Crippen LogP) is 2.06. The first-order valence-electron chi connectivity index (χ1n) is 6.65. The van der Waals surface area contributed by atoms with Crippen molar-refractivity contribution in [2.24, 2.45) is 17.6 Å². The first-order chi connectivity index (χ1) is 7.65. The number of carbonyl (C=O) groups is 1. The van der Waals surface area contributed by atoms with Crippen molar-refractivity contribution in [1.29, 1.82) is 0 Å². The van der Waals surface area contributed by atoms with E-state index in [0.29, 0.717) is 24.9 Å². The molecule has 0 aliphatic heterocycles. The number of nitrogens with one attached hydrogen (secondary N) is 1. The Morgan fingerprint density at radius 1 is 1.50 bits per heavy atom. The van der Waals surface area contributed by atoms with Crippen LogP contribution in [0, 0.1) is 11.8 Å². The quantitative estimate of drug-likeness (QED) is 0.754. The topological polar surface area (TPSA) is 55.1 Å². The van der Waals surface area contributed by atoms with Gasteiger partial charge in [0.2, 0.25) is 5.91 Å². The Morgan fingerprint density at radius 3 is 2.81 bits per heavy atom. The van der Waals surface area contributed by atoms with Gasteiger partial charge in [0.1, 0.15) is 0 Å². The van der Waals surface area contributed by atoms with Crippen molar-refractivity contribution >= 4 is 5.91 Å². The monoisotopic (exact) mass is 226 g/mol. The second-order valence-corrected chi connectivity index (χ2v) is 5.25. The molecule has 0 spiro atoms. The maximum Gasteiger partial charge on any atom is 0.220 e. The molecule has 1 aliphatic rings. The Kier molecular flexibility index (Phi) is 5.81. The zero-order chi connectivity index (χ0) is 12.0. The number of nitrogens with two attached hydrogens (primary N) is 1. The number of amides is 1. The van der Waals surface area contributed by atoms with Crippen LogP contribution in [-0.4, -0.2) is 18.5 Å². The average Bonchev–Trinajstić information content (AvgIpc) is 2.26. The highest BCUT2D eigenvalue weighted by Crippen LogP contribution is 2.23. The molecular formula is C13H26N2O. The van der Waals surface area contributed by atoms with Gasteiger partial charge in [-0.3, -0.25) is 4.79 Å². The number of rotatable bonds is 5. The molecule has 0 saturated heterocycles. The third kappa shape index (κ3) is 4.52. The molecule has 0 aromatic rings. The van der Waals surface area contributed by atoms with Gasteiger partial charge in [-0.1, -0.05) is 33.1 Å². The van der Waals surface area contributed by atoms with Crippen molar-refractivity contribution in [3.05, 3.63) is 0 Å². The van der Waals surface area contributed by atoms with Crippen LogP contribution in [0.15, 0.2) is 0 Å². The molecule has 3 nitrogen and oxygen atoms in total. The molecule has 94 valence electrons. The van der Waals surface area contributed by atoms with E-state index in [1.807, 2.05) is 0 Å². The Bertz CT molecular complexity index is 214. The summed E-state index contributed by atoms with van der Waals surface area (Å²) in [6.45, 7) is 4.98. The highest BCUT2D eigenvalue weighted by Gasteiger charge is 2.21. The lowest BCUT2D eigenvalue weighted by Gasteiger charge is -2.28. The SMILES string of the molecule is CCC(CN)CC(=O)NC1CCCC(C)C1. The summed E-state index contributed by atoms with van der Waals surface area (Å²) < 4.78 is 0. The summed E-state index contributed by atoms with van der Waals surface area (Å²) in [5.74, 6) is 1.30. The Morgan fingerprint density at radius 2 is 2.25 bits per heavy atom. The molecule has 3 atom stereocenters. The van der Waals surface area contributed by atoms with Gasteiger partial charge < -0.3 is 11.1 Å². The van der Waals surface area contributed by atoms with Crippen molar-refractivity contribution in [2.45, 2.75) is 58.4 Å². The highest BCUT2D eigenvalue weighted by atomic mass is 16.1. The zero-order valence-electron chi connectivity index (χ0n) is 10.7. The van der Waals surface area contributed by atoms with Crippen molar-refractivity contribution in [3.8, 4) is 0 Å². The fourth-order valence-electron chi connectivity index (χ4n) is 2.51. The zero-order valence-corrected chi connectivity index (χ0v) is 10.7. The maximum atomic E-state index is 11.8. The van der Waals surface area contributed by atoms with Crippen molar-refractivity contribution in [3.63, 3.8) is 0 Å². The number of carbonyl (C=O) groups excluding carboxylic acids is 1. The van der Waals surface area contributed by atoms with Crippen molar-refractivity contribution in [2.75, 3.05) is 6.54 Å². The van der Waals surface area contributed by atoms with E-state index >= 15 is 0 Å². The summed E-state index contributed by atoms with van der Waals surface area (Å²) in [6, 6.07) is 0.409. The summed E-state index contributed by atoms with van der Waals surface area (Å²) in [5, 5.41) is 3.15. The van der Waals surface area contributed by atoms with Gasteiger partial charge in [-0.2, -0.15) is 0 Å². The van der Waals surface area contributed by atoms with E-state index in [9.17, 15) is 4.79 Å². The molecule has 16 heavy (non-hydrogen) atoms. The molecule has 1 fully saturated rings. The van der Waals surface area contributed by atoms with Crippen LogP contribution in [0.5, 0.6) is 0 Å². The fourth-order valence-corrected chi connectivity index (χ4v) is 2.51. The van der Waals surface area contributed by atoms with Crippen LogP contribution in [0.3, 0.4) is 0 Å². The van der Waals surface area contributed by atoms with E-state index in [1.54, 1.807) is 0 Å². The Hall–Kier alpha value is -0.570. The third-order valence-electron chi connectivity index (χ3n) is 3.69. The second kappa shape index (κ2) is 6.89. The second-order valence-electron chi connectivity index (χ2n) is 5.25. The summed E-state index contributed by atoms with van der Waals surface area (Å²) >= 11 is 0. The van der Waals surface area contributed by atoms with E-state index < -0.39 is 0 Å². The van der Waals surface area contributed by atoms with Crippen LogP contribution in [0.2, 0.25) is 0 Å². The summed E-state index contributed by atoms with van der Waals surface area (Å²) in [7, 11) is 0. The van der Waals surface area contributed by atoms with Crippen LogP contribution in [0.1, 0.15) is 52.4 Å². The van der Waals surface area contributed by atoms with Crippen LogP contribution in [0.4, 0.5) is 0 Å². The molecule has 3 unspecified atom stereocenters. The molecule has 1 rings (SSSR count). The van der Waals surface area contributed by atoms with E-state index in [2.05, 4.69) is 19.2 Å². The van der Waals surface area contributed by atoms with Crippen LogP contribution >= 0.6 is 0 Å². The Labute approximate surface area is 99.2 Å². The number of hydrogen-bond acceptors (Lipinski definition) is 2. The van der Waals surface area contributed by atoms with Crippen LogP contribution in [0.25, 0.3) is 0 Å². The molecule has 3 N–H and O–H groups in total. The molecule has 3 heteroatoms. The first kappa shape index (κ1) is 13.5. The largest absolute Gasteiger partial charge is 0.353 e. The van der Waals surface area contributed by atoms with Gasteiger partial charge in [-0.25, -0.2) is 0 Å². The fraction of sp³-hybridized carbons (Fsp3) is 0.923. The van der Waals surface area contributed by atoms with Gasteiger partial charge in [-0.05, 0) is 31.2 Å². The minimum atomic E-state index is 0.191. The number of hydrogen-bond donors (Lipinski definition) is 2. The minimum absolute atomic E-state index is 0.191. The predicted molar refractivity (Wildman–Crippen MR) is 67.0 cm³/mol. The lowest BCUT2D eigenvalue weighted by Crippen LogP contribution is -2.39. The molecule has 0 radical (unpaired) electrons. The van der Waals surface area contributed by atoms with E-state index in [4.69, 9.17) is 5.73 Å². The minimum Gasteiger partial charge on any atom is -0.353 e. The molecular weight excluding hydrogens is 200 g/mol. The Balaban J connectivity index is 2.27. The van der Waals surface area contributed by atoms with Crippen LogP contribution < -0.4 is 11.1 Å². The van der Waals surface area contributed by atoms with Gasteiger partial charge in [0.05, 0.1) is 0 Å². The third-order valence-corrected chi connectivity index (χ3v) is 3.69. The molecule has 1 saturated carbocycles. The lowest BCUT2D eigenvalue weighted by atomic mass is 9.87. The molecule has 1 amide bonds.